The average Bonchev–Trinajstić information content (AvgIpc) is 3.23. The summed E-state index contributed by atoms with van der Waals surface area (Å²) < 4.78 is 32.2. The lowest BCUT2D eigenvalue weighted by molar-refractivity contribution is -0.0299. The number of anilines is 2. The molecule has 4 rings (SSSR count). The Hall–Kier alpha value is -2.80. The Morgan fingerprint density at radius 2 is 1.87 bits per heavy atom. The Kier molecular flexibility index (Phi) is 5.32. The summed E-state index contributed by atoms with van der Waals surface area (Å²) in [6, 6.07) is 6.94. The third kappa shape index (κ3) is 4.07. The van der Waals surface area contributed by atoms with Crippen LogP contribution in [0, 0.1) is 0 Å². The summed E-state index contributed by atoms with van der Waals surface area (Å²) in [7, 11) is -3.32. The predicted molar refractivity (Wildman–Crippen MR) is 109 cm³/mol. The Labute approximate surface area is 172 Å². The highest BCUT2D eigenvalue weighted by Gasteiger charge is 2.42. The van der Waals surface area contributed by atoms with Gasteiger partial charge in [0.05, 0.1) is 18.7 Å². The lowest BCUT2D eigenvalue weighted by atomic mass is 10.1. The van der Waals surface area contributed by atoms with Crippen LogP contribution in [-0.4, -0.2) is 62.7 Å². The van der Waals surface area contributed by atoms with Crippen LogP contribution in [0.5, 0.6) is 0 Å². The van der Waals surface area contributed by atoms with E-state index in [0.29, 0.717) is 29.2 Å². The Morgan fingerprint density at radius 3 is 2.50 bits per heavy atom. The summed E-state index contributed by atoms with van der Waals surface area (Å²) in [6.45, 7) is 2.11. The van der Waals surface area contributed by atoms with Crippen molar-refractivity contribution in [3.8, 4) is 0 Å². The van der Waals surface area contributed by atoms with Gasteiger partial charge >= 0.3 is 0 Å². The number of aliphatic hydroxyl groups excluding tert-OH is 2. The standard InChI is InChI=1S/C18H22N6O5S/c1-10-14(25)15(26)18(29-10)24-9-22-13-16(20-8-21-17(13)24)19-7-11-3-5-12(6-4-11)23-30(2,27)28/h3-6,8-10,14-15,18,23,25-26H,7H2,1-2H3,(H,19,20,21)/t10-,14-,15-,18-/m1/s1. The number of nitrogens with zero attached hydrogens (tertiary/aromatic N) is 4. The monoisotopic (exact) mass is 434 g/mol. The highest BCUT2D eigenvalue weighted by atomic mass is 32.2. The number of imidazole rings is 1. The molecule has 3 heterocycles. The van der Waals surface area contributed by atoms with E-state index in [-0.39, 0.29) is 0 Å². The first-order valence-electron chi connectivity index (χ1n) is 9.22. The van der Waals surface area contributed by atoms with Gasteiger partial charge in [0.1, 0.15) is 18.5 Å². The van der Waals surface area contributed by atoms with Crippen LogP contribution in [0.4, 0.5) is 11.5 Å². The number of rotatable bonds is 6. The van der Waals surface area contributed by atoms with Crippen molar-refractivity contribution in [2.24, 2.45) is 0 Å². The van der Waals surface area contributed by atoms with Crippen molar-refractivity contribution >= 4 is 32.7 Å². The van der Waals surface area contributed by atoms with Crippen LogP contribution in [0.25, 0.3) is 11.2 Å². The molecule has 3 aromatic rings. The fraction of sp³-hybridized carbons (Fsp3) is 0.389. The van der Waals surface area contributed by atoms with Crippen LogP contribution in [-0.2, 0) is 21.3 Å². The number of sulfonamides is 1. The Morgan fingerprint density at radius 1 is 1.13 bits per heavy atom. The molecule has 0 unspecified atom stereocenters. The van der Waals surface area contributed by atoms with E-state index in [1.54, 1.807) is 35.8 Å². The molecule has 160 valence electrons. The van der Waals surface area contributed by atoms with Crippen molar-refractivity contribution in [1.29, 1.82) is 0 Å². The molecule has 4 N–H and O–H groups in total. The molecule has 0 radical (unpaired) electrons. The van der Waals surface area contributed by atoms with Gasteiger partial charge in [-0.2, -0.15) is 0 Å². The fourth-order valence-electron chi connectivity index (χ4n) is 3.32. The summed E-state index contributed by atoms with van der Waals surface area (Å²) >= 11 is 0. The third-order valence-corrected chi connectivity index (χ3v) is 5.43. The van der Waals surface area contributed by atoms with E-state index >= 15 is 0 Å². The van der Waals surface area contributed by atoms with Gasteiger partial charge in [-0.15, -0.1) is 0 Å². The molecule has 0 bridgehead atoms. The third-order valence-electron chi connectivity index (χ3n) is 4.83. The molecule has 1 saturated heterocycles. The molecule has 1 aliphatic heterocycles. The van der Waals surface area contributed by atoms with Gasteiger partial charge < -0.3 is 20.3 Å². The average molecular weight is 434 g/mol. The van der Waals surface area contributed by atoms with Gasteiger partial charge in [-0.05, 0) is 24.6 Å². The molecular formula is C18H22N6O5S. The predicted octanol–water partition coefficient (Wildman–Crippen LogP) is 0.449. The molecule has 4 atom stereocenters. The van der Waals surface area contributed by atoms with E-state index in [2.05, 4.69) is 25.0 Å². The van der Waals surface area contributed by atoms with E-state index in [4.69, 9.17) is 4.74 Å². The van der Waals surface area contributed by atoms with Gasteiger partial charge in [-0.1, -0.05) is 12.1 Å². The molecule has 0 aliphatic carbocycles. The Balaban J connectivity index is 1.51. The maximum Gasteiger partial charge on any atom is 0.229 e. The summed E-state index contributed by atoms with van der Waals surface area (Å²) in [5.74, 6) is 0.498. The van der Waals surface area contributed by atoms with Crippen molar-refractivity contribution in [3.05, 3.63) is 42.5 Å². The maximum atomic E-state index is 11.3. The minimum Gasteiger partial charge on any atom is -0.388 e. The number of benzene rings is 1. The number of hydrogen-bond donors (Lipinski definition) is 4. The highest BCUT2D eigenvalue weighted by Crippen LogP contribution is 2.32. The second kappa shape index (κ2) is 7.80. The number of hydrogen-bond acceptors (Lipinski definition) is 9. The first-order chi connectivity index (χ1) is 14.2. The second-order valence-electron chi connectivity index (χ2n) is 7.18. The summed E-state index contributed by atoms with van der Waals surface area (Å²) in [4.78, 5) is 12.8. The summed E-state index contributed by atoms with van der Waals surface area (Å²) in [6.07, 6.45) is 0.575. The van der Waals surface area contributed by atoms with Crippen molar-refractivity contribution in [1.82, 2.24) is 19.5 Å². The summed E-state index contributed by atoms with van der Waals surface area (Å²) in [5.41, 5.74) is 2.35. The lowest BCUT2D eigenvalue weighted by Gasteiger charge is -2.16. The van der Waals surface area contributed by atoms with Crippen LogP contribution in [0.15, 0.2) is 36.9 Å². The number of ether oxygens (including phenoxy) is 1. The fourth-order valence-corrected chi connectivity index (χ4v) is 3.88. The zero-order valence-corrected chi connectivity index (χ0v) is 17.1. The number of aliphatic hydroxyl groups is 2. The van der Waals surface area contributed by atoms with Crippen molar-refractivity contribution in [2.75, 3.05) is 16.3 Å². The van der Waals surface area contributed by atoms with Gasteiger partial charge in [-0.3, -0.25) is 9.29 Å². The van der Waals surface area contributed by atoms with Gasteiger partial charge in [0.2, 0.25) is 10.0 Å². The number of fused-ring (bicyclic) bond motifs is 1. The molecule has 1 fully saturated rings. The second-order valence-corrected chi connectivity index (χ2v) is 8.93. The quantitative estimate of drug-likeness (QED) is 0.433. The smallest absolute Gasteiger partial charge is 0.229 e. The molecule has 30 heavy (non-hydrogen) atoms. The number of aromatic nitrogens is 4. The molecule has 0 spiro atoms. The maximum absolute atomic E-state index is 11.3. The minimum atomic E-state index is -3.32. The minimum absolute atomic E-state index is 0.427. The first kappa shape index (κ1) is 20.5. The molecule has 1 aromatic carbocycles. The normalized spacial score (nSPS) is 24.3. The van der Waals surface area contributed by atoms with Gasteiger partial charge in [0.15, 0.2) is 23.2 Å². The van der Waals surface area contributed by atoms with E-state index in [1.165, 1.54) is 12.7 Å². The first-order valence-corrected chi connectivity index (χ1v) is 11.1. The van der Waals surface area contributed by atoms with Crippen LogP contribution in [0.1, 0.15) is 18.7 Å². The van der Waals surface area contributed by atoms with E-state index < -0.39 is 34.6 Å². The SMILES string of the molecule is C[C@H]1O[C@@H](n2cnc3c(NCc4ccc(NS(C)(=O)=O)cc4)ncnc32)[C@H](O)[C@@H]1O. The lowest BCUT2D eigenvalue weighted by Crippen LogP contribution is -2.30. The molecule has 0 amide bonds. The summed E-state index contributed by atoms with van der Waals surface area (Å²) in [5, 5.41) is 23.4. The van der Waals surface area contributed by atoms with E-state index in [1.807, 2.05) is 0 Å². The molecule has 11 nitrogen and oxygen atoms in total. The van der Waals surface area contributed by atoms with Crippen molar-refractivity contribution in [2.45, 2.75) is 38.0 Å². The molecule has 12 heteroatoms. The van der Waals surface area contributed by atoms with Gasteiger partial charge in [-0.25, -0.2) is 23.4 Å². The highest BCUT2D eigenvalue weighted by molar-refractivity contribution is 7.92. The van der Waals surface area contributed by atoms with Crippen molar-refractivity contribution in [3.63, 3.8) is 0 Å². The largest absolute Gasteiger partial charge is 0.388 e. The van der Waals surface area contributed by atoms with Crippen LogP contribution in [0.3, 0.4) is 0 Å². The van der Waals surface area contributed by atoms with Gasteiger partial charge in [0.25, 0.3) is 0 Å². The van der Waals surface area contributed by atoms with Crippen LogP contribution in [0.2, 0.25) is 0 Å². The number of nitrogens with one attached hydrogen (secondary N) is 2. The van der Waals surface area contributed by atoms with E-state index in [0.717, 1.165) is 11.8 Å². The Bertz CT molecular complexity index is 1150. The van der Waals surface area contributed by atoms with Gasteiger partial charge in [0, 0.05) is 12.2 Å². The van der Waals surface area contributed by atoms with E-state index in [9.17, 15) is 18.6 Å². The molecule has 1 aliphatic rings. The van der Waals surface area contributed by atoms with Crippen molar-refractivity contribution < 1.29 is 23.4 Å². The zero-order valence-electron chi connectivity index (χ0n) is 16.3. The molecule has 2 aromatic heterocycles. The van der Waals surface area contributed by atoms with Crippen LogP contribution >= 0.6 is 0 Å². The van der Waals surface area contributed by atoms with Crippen LogP contribution < -0.4 is 10.0 Å². The molecule has 0 saturated carbocycles. The topological polar surface area (TPSA) is 151 Å². The zero-order chi connectivity index (χ0) is 21.5. The molecular weight excluding hydrogens is 412 g/mol.